The fraction of sp³-hybridized carbons (Fsp3) is 0.565. The van der Waals surface area contributed by atoms with E-state index < -0.39 is 23.8 Å². The van der Waals surface area contributed by atoms with Crippen molar-refractivity contribution in [3.05, 3.63) is 29.3 Å². The van der Waals surface area contributed by atoms with Gasteiger partial charge in [0.2, 0.25) is 11.8 Å². The number of amides is 4. The minimum absolute atomic E-state index is 0.0467. The number of imide groups is 2. The second-order valence-electron chi connectivity index (χ2n) is 10.4. The van der Waals surface area contributed by atoms with E-state index in [1.54, 1.807) is 18.2 Å². The lowest BCUT2D eigenvalue weighted by atomic mass is 9.73. The van der Waals surface area contributed by atoms with Crippen LogP contribution in [0, 0.1) is 10.8 Å². The van der Waals surface area contributed by atoms with Crippen LogP contribution in [-0.2, 0) is 9.59 Å². The Morgan fingerprint density at radius 3 is 2.47 bits per heavy atom. The highest BCUT2D eigenvalue weighted by atomic mass is 16.2. The van der Waals surface area contributed by atoms with Crippen molar-refractivity contribution >= 4 is 37.3 Å². The molecule has 1 aromatic rings. The van der Waals surface area contributed by atoms with Gasteiger partial charge < -0.3 is 10.5 Å². The summed E-state index contributed by atoms with van der Waals surface area (Å²) in [7, 11) is 1.95. The fourth-order valence-corrected chi connectivity index (χ4v) is 4.91. The number of piperidine rings is 1. The lowest BCUT2D eigenvalue weighted by Crippen LogP contribution is -2.54. The molecule has 0 bridgehead atoms. The third kappa shape index (κ3) is 5.04. The van der Waals surface area contributed by atoms with E-state index in [9.17, 15) is 19.2 Å². The molecule has 32 heavy (non-hydrogen) atoms. The van der Waals surface area contributed by atoms with Crippen LogP contribution < -0.4 is 15.9 Å². The number of rotatable bonds is 9. The molecule has 0 radical (unpaired) electrons. The molecule has 0 aliphatic carbocycles. The van der Waals surface area contributed by atoms with Crippen molar-refractivity contribution in [1.29, 1.82) is 0 Å². The van der Waals surface area contributed by atoms with Crippen molar-refractivity contribution in [2.24, 2.45) is 10.8 Å². The van der Waals surface area contributed by atoms with Gasteiger partial charge in [-0.3, -0.25) is 29.4 Å². The summed E-state index contributed by atoms with van der Waals surface area (Å²) >= 11 is 0. The summed E-state index contributed by atoms with van der Waals surface area (Å²) < 4.78 is 0. The van der Waals surface area contributed by atoms with E-state index >= 15 is 0 Å². The Balaban J connectivity index is 1.76. The van der Waals surface area contributed by atoms with Gasteiger partial charge in [0, 0.05) is 18.7 Å². The van der Waals surface area contributed by atoms with Crippen LogP contribution in [0.15, 0.2) is 18.2 Å². The van der Waals surface area contributed by atoms with Gasteiger partial charge in [-0.1, -0.05) is 33.8 Å². The zero-order valence-corrected chi connectivity index (χ0v) is 19.6. The van der Waals surface area contributed by atoms with Gasteiger partial charge in [-0.2, -0.15) is 0 Å². The SMILES string of the molecule is BNCCC(C)(C)CC(C)(C)CNc1cccc2c1C(=O)N(C1CCC(=O)NC1=O)C2=O. The molecule has 0 aromatic heterocycles. The van der Waals surface area contributed by atoms with E-state index in [0.29, 0.717) is 17.8 Å². The van der Waals surface area contributed by atoms with Crippen molar-refractivity contribution in [2.45, 2.75) is 59.4 Å². The van der Waals surface area contributed by atoms with Crippen molar-refractivity contribution < 1.29 is 19.2 Å². The minimum atomic E-state index is -0.961. The summed E-state index contributed by atoms with van der Waals surface area (Å²) in [6.07, 6.45) is 2.29. The number of nitrogens with zero attached hydrogens (tertiary/aromatic N) is 1. The van der Waals surface area contributed by atoms with Crippen molar-refractivity contribution in [2.75, 3.05) is 18.4 Å². The van der Waals surface area contributed by atoms with Gasteiger partial charge in [0.15, 0.2) is 7.98 Å². The molecule has 1 saturated heterocycles. The number of hydrogen-bond donors (Lipinski definition) is 3. The van der Waals surface area contributed by atoms with E-state index in [4.69, 9.17) is 0 Å². The number of carbonyl (C=O) groups is 4. The Morgan fingerprint density at radius 1 is 1.09 bits per heavy atom. The number of fused-ring (bicyclic) bond motifs is 1. The number of hydrogen-bond acceptors (Lipinski definition) is 6. The molecule has 4 amide bonds. The molecule has 2 aliphatic heterocycles. The highest BCUT2D eigenvalue weighted by Gasteiger charge is 2.45. The van der Waals surface area contributed by atoms with Gasteiger partial charge in [0.25, 0.3) is 11.8 Å². The molecule has 3 N–H and O–H groups in total. The first-order chi connectivity index (χ1) is 15.0. The maximum absolute atomic E-state index is 13.2. The Bertz CT molecular complexity index is 944. The Kier molecular flexibility index (Phi) is 6.79. The Hall–Kier alpha value is -2.68. The zero-order valence-electron chi connectivity index (χ0n) is 19.6. The maximum Gasteiger partial charge on any atom is 0.264 e. The first-order valence-corrected chi connectivity index (χ1v) is 11.2. The van der Waals surface area contributed by atoms with Crippen LogP contribution >= 0.6 is 0 Å². The number of anilines is 1. The predicted molar refractivity (Wildman–Crippen MR) is 125 cm³/mol. The van der Waals surface area contributed by atoms with Crippen LogP contribution in [0.3, 0.4) is 0 Å². The molecule has 172 valence electrons. The summed E-state index contributed by atoms with van der Waals surface area (Å²) in [5.41, 5.74) is 1.29. The van der Waals surface area contributed by atoms with E-state index in [-0.39, 0.29) is 35.1 Å². The fourth-order valence-electron chi connectivity index (χ4n) is 4.91. The van der Waals surface area contributed by atoms with Crippen LogP contribution in [0.2, 0.25) is 0 Å². The first kappa shape index (κ1) is 24.0. The van der Waals surface area contributed by atoms with Crippen molar-refractivity contribution in [3.63, 3.8) is 0 Å². The average Bonchev–Trinajstić information content (AvgIpc) is 2.95. The maximum atomic E-state index is 13.2. The molecule has 1 atom stereocenters. The van der Waals surface area contributed by atoms with Gasteiger partial charge in [-0.15, -0.1) is 0 Å². The van der Waals surface area contributed by atoms with Crippen LogP contribution in [0.1, 0.15) is 74.1 Å². The highest BCUT2D eigenvalue weighted by molar-refractivity contribution is 6.25. The summed E-state index contributed by atoms with van der Waals surface area (Å²) in [5.74, 6) is -1.97. The van der Waals surface area contributed by atoms with Gasteiger partial charge in [0.1, 0.15) is 6.04 Å². The quantitative estimate of drug-likeness (QED) is 0.397. The molecule has 1 fully saturated rings. The summed E-state index contributed by atoms with van der Waals surface area (Å²) in [6, 6.07) is 4.18. The molecular formula is C23H33BN4O4. The monoisotopic (exact) mass is 440 g/mol. The second-order valence-corrected chi connectivity index (χ2v) is 10.4. The molecule has 2 aliphatic rings. The highest BCUT2D eigenvalue weighted by Crippen LogP contribution is 2.37. The second kappa shape index (κ2) is 9.06. The smallest absolute Gasteiger partial charge is 0.264 e. The zero-order chi connectivity index (χ0) is 23.7. The normalized spacial score (nSPS) is 19.2. The van der Waals surface area contributed by atoms with Crippen LogP contribution in [0.4, 0.5) is 5.69 Å². The molecule has 0 spiro atoms. The molecule has 3 rings (SSSR count). The summed E-state index contributed by atoms with van der Waals surface area (Å²) in [5, 5.41) is 8.82. The van der Waals surface area contributed by atoms with Gasteiger partial charge in [-0.25, -0.2) is 0 Å². The van der Waals surface area contributed by atoms with E-state index in [1.807, 2.05) is 7.98 Å². The third-order valence-corrected chi connectivity index (χ3v) is 6.23. The van der Waals surface area contributed by atoms with E-state index in [1.165, 1.54) is 0 Å². The lowest BCUT2D eigenvalue weighted by molar-refractivity contribution is -0.136. The van der Waals surface area contributed by atoms with Gasteiger partial charge in [0.05, 0.1) is 11.1 Å². The minimum Gasteiger partial charge on any atom is -0.384 e. The molecule has 8 nitrogen and oxygen atoms in total. The lowest BCUT2D eigenvalue weighted by Gasteiger charge is -2.35. The summed E-state index contributed by atoms with van der Waals surface area (Å²) in [6.45, 7) is 10.5. The van der Waals surface area contributed by atoms with Crippen LogP contribution in [-0.4, -0.2) is 55.6 Å². The largest absolute Gasteiger partial charge is 0.384 e. The molecule has 1 unspecified atom stereocenters. The molecular weight excluding hydrogens is 407 g/mol. The van der Waals surface area contributed by atoms with E-state index in [2.05, 4.69) is 43.6 Å². The number of benzene rings is 1. The molecule has 9 heteroatoms. The average molecular weight is 440 g/mol. The molecule has 2 heterocycles. The third-order valence-electron chi connectivity index (χ3n) is 6.23. The Morgan fingerprint density at radius 2 is 1.81 bits per heavy atom. The number of carbonyl (C=O) groups excluding carboxylic acids is 4. The van der Waals surface area contributed by atoms with Crippen LogP contribution in [0.5, 0.6) is 0 Å². The van der Waals surface area contributed by atoms with Crippen LogP contribution in [0.25, 0.3) is 0 Å². The Labute approximate surface area is 190 Å². The number of nitrogens with one attached hydrogen (secondary N) is 3. The predicted octanol–water partition coefficient (Wildman–Crippen LogP) is 1.47. The van der Waals surface area contributed by atoms with Gasteiger partial charge in [-0.05, 0) is 48.8 Å². The summed E-state index contributed by atoms with van der Waals surface area (Å²) in [4.78, 5) is 51.0. The topological polar surface area (TPSA) is 108 Å². The molecule has 1 aromatic carbocycles. The molecule has 0 saturated carbocycles. The first-order valence-electron chi connectivity index (χ1n) is 11.2. The van der Waals surface area contributed by atoms with Crippen molar-refractivity contribution in [1.82, 2.24) is 15.4 Å². The van der Waals surface area contributed by atoms with E-state index in [0.717, 1.165) is 24.3 Å². The van der Waals surface area contributed by atoms with Gasteiger partial charge >= 0.3 is 0 Å². The standard InChI is InChI=1S/C23H33BN4O4/c1-22(2,10-11-26-24)12-23(3,4)13-25-15-7-5-6-14-18(15)21(32)28(20(14)31)16-8-9-17(29)27-19(16)30/h5-7,16,25-26H,8-13,24H2,1-4H3,(H,27,29,30). The van der Waals surface area contributed by atoms with Crippen molar-refractivity contribution in [3.8, 4) is 0 Å².